The Hall–Kier alpha value is -2.67. The fourth-order valence-corrected chi connectivity index (χ4v) is 5.05. The SMILES string of the molecule is NC(=NO)c1cccc(C(=O)[As]c2ccc3sc(C(=O)NO)cc3c2)c1. The van der Waals surface area contributed by atoms with Gasteiger partial charge in [-0.25, -0.2) is 0 Å². The first-order chi connectivity index (χ1) is 12.5. The van der Waals surface area contributed by atoms with Crippen LogP contribution in [-0.4, -0.2) is 42.5 Å². The molecule has 1 radical (unpaired) electrons. The van der Waals surface area contributed by atoms with Crippen molar-refractivity contribution in [2.75, 3.05) is 0 Å². The molecule has 3 rings (SSSR count). The van der Waals surface area contributed by atoms with Crippen LogP contribution >= 0.6 is 11.3 Å². The molecule has 26 heavy (non-hydrogen) atoms. The summed E-state index contributed by atoms with van der Waals surface area (Å²) in [5.74, 6) is -0.609. The van der Waals surface area contributed by atoms with E-state index in [1.165, 1.54) is 11.3 Å². The number of amidine groups is 1. The first-order valence-electron chi connectivity index (χ1n) is 7.34. The van der Waals surface area contributed by atoms with Gasteiger partial charge < -0.3 is 0 Å². The van der Waals surface area contributed by atoms with E-state index in [0.717, 1.165) is 14.4 Å². The van der Waals surface area contributed by atoms with Crippen LogP contribution in [0.4, 0.5) is 0 Å². The molecule has 0 aliphatic rings. The van der Waals surface area contributed by atoms with Gasteiger partial charge in [0.1, 0.15) is 0 Å². The van der Waals surface area contributed by atoms with Crippen LogP contribution in [0.3, 0.4) is 0 Å². The number of nitrogens with zero attached hydrogens (tertiary/aromatic N) is 1. The molecule has 0 fully saturated rings. The molecular weight excluding hydrogens is 417 g/mol. The summed E-state index contributed by atoms with van der Waals surface area (Å²) in [5, 5.41) is 21.3. The summed E-state index contributed by atoms with van der Waals surface area (Å²) in [7, 11) is 0. The Bertz CT molecular complexity index is 1030. The second-order valence-corrected chi connectivity index (χ2v) is 8.75. The number of hydrogen-bond donors (Lipinski definition) is 4. The van der Waals surface area contributed by atoms with E-state index >= 15 is 0 Å². The molecule has 2 aromatic carbocycles. The van der Waals surface area contributed by atoms with E-state index in [9.17, 15) is 9.59 Å². The number of oxime groups is 1. The van der Waals surface area contributed by atoms with Crippen molar-refractivity contribution in [3.63, 3.8) is 0 Å². The van der Waals surface area contributed by atoms with E-state index in [-0.39, 0.29) is 10.4 Å². The van der Waals surface area contributed by atoms with Crippen LogP contribution in [0.25, 0.3) is 10.1 Å². The fraction of sp³-hybridized carbons (Fsp3) is 0. The van der Waals surface area contributed by atoms with Gasteiger partial charge in [0.25, 0.3) is 0 Å². The second-order valence-electron chi connectivity index (χ2n) is 5.26. The number of nitrogens with one attached hydrogen (secondary N) is 1. The van der Waals surface area contributed by atoms with Gasteiger partial charge in [0, 0.05) is 0 Å². The third-order valence-corrected chi connectivity index (χ3v) is 6.78. The number of carbonyl (C=O) groups excluding carboxylic acids is 2. The molecule has 9 heteroatoms. The Labute approximate surface area is 158 Å². The van der Waals surface area contributed by atoms with Crippen molar-refractivity contribution in [2.45, 2.75) is 0 Å². The third kappa shape index (κ3) is 3.77. The predicted octanol–water partition coefficient (Wildman–Crippen LogP) is 1.28. The van der Waals surface area contributed by atoms with E-state index < -0.39 is 21.7 Å². The van der Waals surface area contributed by atoms with Crippen LogP contribution in [-0.2, 0) is 0 Å². The molecule has 0 aliphatic carbocycles. The van der Waals surface area contributed by atoms with Crippen molar-refractivity contribution in [3.05, 3.63) is 64.5 Å². The molecule has 1 aromatic heterocycles. The predicted molar refractivity (Wildman–Crippen MR) is 99.7 cm³/mol. The molecule has 0 atom stereocenters. The molecule has 5 N–H and O–H groups in total. The average Bonchev–Trinajstić information content (AvgIpc) is 3.10. The summed E-state index contributed by atoms with van der Waals surface area (Å²) in [6, 6.07) is 13.9. The van der Waals surface area contributed by atoms with Crippen molar-refractivity contribution in [3.8, 4) is 0 Å². The van der Waals surface area contributed by atoms with Gasteiger partial charge in [-0.1, -0.05) is 0 Å². The summed E-state index contributed by atoms with van der Waals surface area (Å²) >= 11 is 0.468. The summed E-state index contributed by atoms with van der Waals surface area (Å²) in [5.41, 5.74) is 8.16. The Kier molecular flexibility index (Phi) is 5.37. The number of carbonyl (C=O) groups is 2. The Morgan fingerprint density at radius 1 is 1.12 bits per heavy atom. The molecule has 1 heterocycles. The zero-order valence-electron chi connectivity index (χ0n) is 13.2. The second kappa shape index (κ2) is 7.70. The van der Waals surface area contributed by atoms with Gasteiger partial charge in [-0.05, 0) is 0 Å². The monoisotopic (exact) mass is 430 g/mol. The number of benzene rings is 2. The number of hydrogen-bond acceptors (Lipinski definition) is 6. The van der Waals surface area contributed by atoms with Gasteiger partial charge in [-0.15, -0.1) is 0 Å². The normalized spacial score (nSPS) is 12.0. The first kappa shape index (κ1) is 18.1. The Morgan fingerprint density at radius 3 is 2.62 bits per heavy atom. The summed E-state index contributed by atoms with van der Waals surface area (Å²) in [6.45, 7) is 0. The van der Waals surface area contributed by atoms with Crippen molar-refractivity contribution in [1.29, 1.82) is 0 Å². The van der Waals surface area contributed by atoms with Gasteiger partial charge in [0.2, 0.25) is 0 Å². The van der Waals surface area contributed by atoms with Crippen molar-refractivity contribution < 1.29 is 20.0 Å². The van der Waals surface area contributed by atoms with E-state index in [0.29, 0.717) is 16.0 Å². The number of fused-ring (bicyclic) bond motifs is 1. The molecule has 0 saturated heterocycles. The minimum atomic E-state index is -0.796. The van der Waals surface area contributed by atoms with Crippen molar-refractivity contribution in [2.24, 2.45) is 10.9 Å². The molecule has 0 unspecified atom stereocenters. The van der Waals surface area contributed by atoms with Gasteiger partial charge in [-0.3, -0.25) is 0 Å². The number of thiophene rings is 1. The van der Waals surface area contributed by atoms with Crippen LogP contribution in [0.1, 0.15) is 25.6 Å². The first-order valence-corrected chi connectivity index (χ1v) is 10.0. The van der Waals surface area contributed by atoms with E-state index in [1.54, 1.807) is 35.8 Å². The zero-order valence-corrected chi connectivity index (χ0v) is 15.9. The molecule has 131 valence electrons. The maximum atomic E-state index is 12.6. The molecule has 1 amide bonds. The van der Waals surface area contributed by atoms with Crippen LogP contribution < -0.4 is 15.6 Å². The Morgan fingerprint density at radius 2 is 1.88 bits per heavy atom. The quantitative estimate of drug-likeness (QED) is 0.121. The number of rotatable bonds is 5. The maximum absolute atomic E-state index is 12.6. The van der Waals surface area contributed by atoms with Crippen molar-refractivity contribution >= 4 is 57.8 Å². The molecule has 7 nitrogen and oxygen atoms in total. The standard InChI is InChI=1S/C17H13AsN3O4S/c19-16(20-24)10-3-1-2-9(6-10)15(22)18-12-4-5-13-11(7-12)8-14(26-13)17(23)21-25/h1-8,24-25H,(H2,19,20)(H,21,23). The summed E-state index contributed by atoms with van der Waals surface area (Å²) in [4.78, 5) is 24.5. The van der Waals surface area contributed by atoms with Crippen LogP contribution in [0.2, 0.25) is 0 Å². The van der Waals surface area contributed by atoms with Crippen molar-refractivity contribution in [1.82, 2.24) is 5.48 Å². The molecule has 0 bridgehead atoms. The van der Waals surface area contributed by atoms with Gasteiger partial charge in [-0.2, -0.15) is 0 Å². The van der Waals surface area contributed by atoms with Gasteiger partial charge in [0.15, 0.2) is 0 Å². The number of amides is 1. The van der Waals surface area contributed by atoms with Gasteiger partial charge in [0.05, 0.1) is 0 Å². The molecular formula is C17H13AsN3O4S. The minimum absolute atomic E-state index is 0.0169. The number of hydroxylamine groups is 1. The summed E-state index contributed by atoms with van der Waals surface area (Å²) in [6.07, 6.45) is 0. The Balaban J connectivity index is 1.84. The van der Waals surface area contributed by atoms with Crippen LogP contribution in [0, 0.1) is 0 Å². The molecule has 0 aliphatic heterocycles. The number of nitrogens with two attached hydrogens (primary N) is 1. The van der Waals surface area contributed by atoms with E-state index in [4.69, 9.17) is 16.1 Å². The van der Waals surface area contributed by atoms with Crippen LogP contribution in [0.5, 0.6) is 0 Å². The molecule has 0 spiro atoms. The zero-order chi connectivity index (χ0) is 18.7. The molecule has 0 saturated carbocycles. The summed E-state index contributed by atoms with van der Waals surface area (Å²) < 4.78 is 1.77. The molecule has 3 aromatic rings. The third-order valence-electron chi connectivity index (χ3n) is 3.57. The van der Waals surface area contributed by atoms with Crippen LogP contribution in [0.15, 0.2) is 53.7 Å². The van der Waals surface area contributed by atoms with Gasteiger partial charge >= 0.3 is 159 Å². The van der Waals surface area contributed by atoms with E-state index in [2.05, 4.69) is 5.16 Å². The average molecular weight is 430 g/mol. The topological polar surface area (TPSA) is 125 Å². The fourth-order valence-electron chi connectivity index (χ4n) is 2.32. The van der Waals surface area contributed by atoms with E-state index in [1.807, 2.05) is 18.2 Å².